The molecule has 0 amide bonds. The molecule has 1 aliphatic heterocycles. The van der Waals surface area contributed by atoms with E-state index in [2.05, 4.69) is 34.1 Å². The molecule has 2 heterocycles. The van der Waals surface area contributed by atoms with E-state index in [0.717, 1.165) is 61.6 Å². The Morgan fingerprint density at radius 2 is 1.96 bits per heavy atom. The fourth-order valence-corrected chi connectivity index (χ4v) is 4.07. The summed E-state index contributed by atoms with van der Waals surface area (Å²) >= 11 is 0. The van der Waals surface area contributed by atoms with Gasteiger partial charge in [-0.25, -0.2) is 0 Å². The van der Waals surface area contributed by atoms with Gasteiger partial charge in [-0.1, -0.05) is 30.3 Å². The second-order valence-electron chi connectivity index (χ2n) is 7.47. The van der Waals surface area contributed by atoms with Crippen molar-refractivity contribution in [3.05, 3.63) is 65.9 Å². The molecule has 1 aromatic heterocycles. The second kappa shape index (κ2) is 8.78. The average Bonchev–Trinajstić information content (AvgIpc) is 3.12. The maximum atomic E-state index is 9.57. The molecule has 4 rings (SSSR count). The van der Waals surface area contributed by atoms with E-state index in [-0.39, 0.29) is 6.61 Å². The van der Waals surface area contributed by atoms with Crippen molar-refractivity contribution in [2.24, 2.45) is 0 Å². The van der Waals surface area contributed by atoms with Gasteiger partial charge < -0.3 is 14.3 Å². The summed E-state index contributed by atoms with van der Waals surface area (Å²) < 4.78 is 11.3. The molecule has 0 bridgehead atoms. The maximum absolute atomic E-state index is 9.57. The van der Waals surface area contributed by atoms with Gasteiger partial charge in [-0.2, -0.15) is 0 Å². The van der Waals surface area contributed by atoms with Gasteiger partial charge in [0.15, 0.2) is 0 Å². The quantitative estimate of drug-likeness (QED) is 0.680. The van der Waals surface area contributed by atoms with Gasteiger partial charge in [-0.05, 0) is 36.2 Å². The van der Waals surface area contributed by atoms with Crippen molar-refractivity contribution >= 4 is 11.0 Å². The lowest BCUT2D eigenvalue weighted by Gasteiger charge is -2.41. The van der Waals surface area contributed by atoms with Crippen molar-refractivity contribution in [2.75, 3.05) is 33.4 Å². The summed E-state index contributed by atoms with van der Waals surface area (Å²) in [7, 11) is 1.70. The highest BCUT2D eigenvalue weighted by Gasteiger charge is 2.27. The molecule has 0 saturated carbocycles. The van der Waals surface area contributed by atoms with E-state index >= 15 is 0 Å². The average molecular weight is 380 g/mol. The van der Waals surface area contributed by atoms with Crippen LogP contribution in [0.15, 0.2) is 59.0 Å². The maximum Gasteiger partial charge on any atom is 0.134 e. The number of hydrogen-bond donors (Lipinski definition) is 1. The summed E-state index contributed by atoms with van der Waals surface area (Å²) in [5.41, 5.74) is 2.19. The van der Waals surface area contributed by atoms with E-state index in [4.69, 9.17) is 9.15 Å². The lowest BCUT2D eigenvalue weighted by Crippen LogP contribution is -2.52. The minimum absolute atomic E-state index is 0.206. The Balaban J connectivity index is 1.42. The summed E-state index contributed by atoms with van der Waals surface area (Å²) in [6.07, 6.45) is 0.778. The van der Waals surface area contributed by atoms with Gasteiger partial charge in [0.25, 0.3) is 0 Å². The Hall–Kier alpha value is -2.34. The molecular weight excluding hydrogens is 352 g/mol. The number of aliphatic hydroxyl groups is 1. The molecule has 28 heavy (non-hydrogen) atoms. The minimum Gasteiger partial charge on any atom is -0.497 e. The number of piperazine rings is 1. The highest BCUT2D eigenvalue weighted by Crippen LogP contribution is 2.23. The van der Waals surface area contributed by atoms with Crippen LogP contribution < -0.4 is 4.74 Å². The highest BCUT2D eigenvalue weighted by molar-refractivity contribution is 5.77. The predicted molar refractivity (Wildman–Crippen MR) is 110 cm³/mol. The Bertz CT molecular complexity index is 875. The molecule has 0 radical (unpaired) electrons. The number of rotatable bonds is 7. The molecule has 5 nitrogen and oxygen atoms in total. The van der Waals surface area contributed by atoms with Gasteiger partial charge in [0, 0.05) is 44.2 Å². The number of aliphatic hydroxyl groups excluding tert-OH is 1. The van der Waals surface area contributed by atoms with Crippen molar-refractivity contribution in [1.82, 2.24) is 9.80 Å². The molecule has 0 unspecified atom stereocenters. The number of ether oxygens (including phenoxy) is 1. The van der Waals surface area contributed by atoms with Crippen LogP contribution in [0, 0.1) is 0 Å². The number of benzene rings is 2. The van der Waals surface area contributed by atoms with Crippen LogP contribution in [-0.4, -0.2) is 54.3 Å². The van der Waals surface area contributed by atoms with Gasteiger partial charge in [0.05, 0.1) is 13.7 Å². The lowest BCUT2D eigenvalue weighted by atomic mass is 10.1. The predicted octanol–water partition coefficient (Wildman–Crippen LogP) is 3.51. The second-order valence-corrected chi connectivity index (χ2v) is 7.47. The normalized spacial score (nSPS) is 18.6. The third kappa shape index (κ3) is 4.38. The van der Waals surface area contributed by atoms with Crippen LogP contribution in [0.3, 0.4) is 0 Å². The van der Waals surface area contributed by atoms with Gasteiger partial charge in [-0.15, -0.1) is 0 Å². The smallest absolute Gasteiger partial charge is 0.134 e. The summed E-state index contributed by atoms with van der Waals surface area (Å²) in [4.78, 5) is 4.90. The van der Waals surface area contributed by atoms with Crippen LogP contribution in [0.1, 0.15) is 17.7 Å². The molecule has 1 saturated heterocycles. The molecule has 0 spiro atoms. The first-order valence-corrected chi connectivity index (χ1v) is 9.93. The Kier molecular flexibility index (Phi) is 5.95. The van der Waals surface area contributed by atoms with Crippen LogP contribution in [0.2, 0.25) is 0 Å². The number of fused-ring (bicyclic) bond motifs is 1. The largest absolute Gasteiger partial charge is 0.497 e. The lowest BCUT2D eigenvalue weighted by molar-refractivity contribution is 0.0470. The van der Waals surface area contributed by atoms with E-state index in [1.54, 1.807) is 7.11 Å². The third-order valence-electron chi connectivity index (χ3n) is 5.53. The fraction of sp³-hybridized carbons (Fsp3) is 0.391. The number of hydrogen-bond acceptors (Lipinski definition) is 5. The standard InChI is InChI=1S/C23H28N2O3/c1-27-21-7-4-5-18(13-21)15-25-11-10-24(16-20(25)9-12-26)17-22-14-19-6-2-3-8-23(19)28-22/h2-8,13-14,20,26H,9-12,15-17H2,1H3/t20-/m1/s1. The molecule has 1 aliphatic rings. The molecular formula is C23H28N2O3. The zero-order valence-electron chi connectivity index (χ0n) is 16.4. The molecule has 3 aromatic rings. The minimum atomic E-state index is 0.206. The Morgan fingerprint density at radius 1 is 1.07 bits per heavy atom. The van der Waals surface area contributed by atoms with E-state index in [9.17, 15) is 5.11 Å². The topological polar surface area (TPSA) is 49.1 Å². The Morgan fingerprint density at radius 3 is 2.79 bits per heavy atom. The van der Waals surface area contributed by atoms with Crippen LogP contribution >= 0.6 is 0 Å². The number of methoxy groups -OCH3 is 1. The van der Waals surface area contributed by atoms with Crippen LogP contribution in [0.4, 0.5) is 0 Å². The van der Waals surface area contributed by atoms with E-state index in [0.29, 0.717) is 6.04 Å². The Labute approximate surface area is 166 Å². The zero-order chi connectivity index (χ0) is 19.3. The van der Waals surface area contributed by atoms with Gasteiger partial charge in [-0.3, -0.25) is 9.80 Å². The monoisotopic (exact) mass is 380 g/mol. The van der Waals surface area contributed by atoms with Crippen molar-refractivity contribution < 1.29 is 14.3 Å². The van der Waals surface area contributed by atoms with Crippen molar-refractivity contribution in [3.8, 4) is 5.75 Å². The molecule has 5 heteroatoms. The van der Waals surface area contributed by atoms with Crippen LogP contribution in [0.5, 0.6) is 5.75 Å². The molecule has 0 aliphatic carbocycles. The van der Waals surface area contributed by atoms with Crippen molar-refractivity contribution in [1.29, 1.82) is 0 Å². The molecule has 1 fully saturated rings. The van der Waals surface area contributed by atoms with Gasteiger partial charge in [0.1, 0.15) is 17.1 Å². The SMILES string of the molecule is COc1cccc(CN2CCN(Cc3cc4ccccc4o3)C[C@H]2CCO)c1. The van der Waals surface area contributed by atoms with Crippen molar-refractivity contribution in [3.63, 3.8) is 0 Å². The van der Waals surface area contributed by atoms with Gasteiger partial charge in [0.2, 0.25) is 0 Å². The molecule has 148 valence electrons. The number of para-hydroxylation sites is 1. The first-order valence-electron chi connectivity index (χ1n) is 9.93. The summed E-state index contributed by atoms with van der Waals surface area (Å²) in [5.74, 6) is 1.89. The van der Waals surface area contributed by atoms with Crippen molar-refractivity contribution in [2.45, 2.75) is 25.6 Å². The first kappa shape index (κ1) is 19.0. The first-order chi connectivity index (χ1) is 13.7. The molecule has 2 aromatic carbocycles. The zero-order valence-corrected chi connectivity index (χ0v) is 16.4. The van der Waals surface area contributed by atoms with E-state index in [1.165, 1.54) is 5.56 Å². The molecule has 1 atom stereocenters. The summed E-state index contributed by atoms with van der Waals surface area (Å²) in [6, 6.07) is 18.8. The van der Waals surface area contributed by atoms with Crippen LogP contribution in [-0.2, 0) is 13.1 Å². The van der Waals surface area contributed by atoms with E-state index < -0.39 is 0 Å². The fourth-order valence-electron chi connectivity index (χ4n) is 4.07. The number of nitrogens with zero attached hydrogens (tertiary/aromatic N) is 2. The van der Waals surface area contributed by atoms with Gasteiger partial charge >= 0.3 is 0 Å². The summed E-state index contributed by atoms with van der Waals surface area (Å²) in [5, 5.41) is 10.7. The highest BCUT2D eigenvalue weighted by atomic mass is 16.5. The molecule has 1 N–H and O–H groups in total. The number of furan rings is 1. The summed E-state index contributed by atoms with van der Waals surface area (Å²) in [6.45, 7) is 4.79. The van der Waals surface area contributed by atoms with E-state index in [1.807, 2.05) is 30.3 Å². The third-order valence-corrected chi connectivity index (χ3v) is 5.53. The van der Waals surface area contributed by atoms with Crippen LogP contribution in [0.25, 0.3) is 11.0 Å².